The second kappa shape index (κ2) is 4.20. The summed E-state index contributed by atoms with van der Waals surface area (Å²) in [5.41, 5.74) is 0.935. The van der Waals surface area contributed by atoms with Crippen molar-refractivity contribution in [3.63, 3.8) is 0 Å². The van der Waals surface area contributed by atoms with E-state index >= 15 is 0 Å². The monoisotopic (exact) mass is 216 g/mol. The molecule has 1 heterocycles. The first-order chi connectivity index (χ1) is 7.63. The van der Waals surface area contributed by atoms with E-state index in [4.69, 9.17) is 0 Å². The van der Waals surface area contributed by atoms with Crippen molar-refractivity contribution in [1.82, 2.24) is 10.3 Å². The van der Waals surface area contributed by atoms with Crippen molar-refractivity contribution in [2.24, 2.45) is 0 Å². The Morgan fingerprint density at radius 3 is 2.94 bits per heavy atom. The number of hydrogen-bond donors (Lipinski definition) is 2. The van der Waals surface area contributed by atoms with E-state index in [1.54, 1.807) is 13.1 Å². The number of benzene rings is 1. The molecule has 3 heteroatoms. The molecule has 0 aliphatic rings. The van der Waals surface area contributed by atoms with Gasteiger partial charge in [0, 0.05) is 18.1 Å². The molecule has 0 saturated heterocycles. The Kier molecular flexibility index (Phi) is 2.90. The Hall–Kier alpha value is -1.45. The lowest BCUT2D eigenvalue weighted by Crippen LogP contribution is -2.33. The fourth-order valence-electron chi connectivity index (χ4n) is 1.85. The molecule has 0 aliphatic carbocycles. The van der Waals surface area contributed by atoms with Gasteiger partial charge in [-0.15, -0.1) is 0 Å². The maximum atomic E-state index is 10.3. The van der Waals surface area contributed by atoms with Gasteiger partial charge in [0.25, 0.3) is 0 Å². The van der Waals surface area contributed by atoms with Crippen molar-refractivity contribution in [3.8, 4) is 0 Å². The van der Waals surface area contributed by atoms with Gasteiger partial charge >= 0.3 is 0 Å². The van der Waals surface area contributed by atoms with Crippen LogP contribution in [0.1, 0.15) is 12.5 Å². The zero-order valence-electron chi connectivity index (χ0n) is 9.57. The molecule has 3 nitrogen and oxygen atoms in total. The quantitative estimate of drug-likeness (QED) is 0.820. The highest BCUT2D eigenvalue weighted by molar-refractivity contribution is 5.79. The van der Waals surface area contributed by atoms with Crippen molar-refractivity contribution in [3.05, 3.63) is 42.1 Å². The van der Waals surface area contributed by atoms with Crippen molar-refractivity contribution in [2.45, 2.75) is 12.5 Å². The molecule has 0 spiro atoms. The van der Waals surface area contributed by atoms with Gasteiger partial charge in [-0.05, 0) is 31.7 Å². The van der Waals surface area contributed by atoms with Crippen LogP contribution in [-0.2, 0) is 5.60 Å². The van der Waals surface area contributed by atoms with E-state index < -0.39 is 5.60 Å². The summed E-state index contributed by atoms with van der Waals surface area (Å²) in [6.45, 7) is 2.32. The van der Waals surface area contributed by atoms with Gasteiger partial charge in [-0.3, -0.25) is 4.98 Å². The molecule has 16 heavy (non-hydrogen) atoms. The second-order valence-corrected chi connectivity index (χ2v) is 4.22. The van der Waals surface area contributed by atoms with Crippen molar-refractivity contribution < 1.29 is 5.11 Å². The summed E-state index contributed by atoms with van der Waals surface area (Å²) in [5.74, 6) is 0. The normalized spacial score (nSPS) is 14.9. The van der Waals surface area contributed by atoms with Gasteiger partial charge in [0.2, 0.25) is 0 Å². The van der Waals surface area contributed by atoms with Crippen LogP contribution in [0.2, 0.25) is 0 Å². The summed E-state index contributed by atoms with van der Waals surface area (Å²) in [5, 5.41) is 14.3. The molecular formula is C13H16N2O. The highest BCUT2D eigenvalue weighted by atomic mass is 16.3. The fraction of sp³-hybridized carbons (Fsp3) is 0.308. The Labute approximate surface area is 95.1 Å². The Morgan fingerprint density at radius 1 is 1.38 bits per heavy atom. The maximum Gasteiger partial charge on any atom is 0.0992 e. The van der Waals surface area contributed by atoms with Gasteiger partial charge in [-0.25, -0.2) is 0 Å². The van der Waals surface area contributed by atoms with Crippen LogP contribution in [0.5, 0.6) is 0 Å². The summed E-state index contributed by atoms with van der Waals surface area (Å²) in [6.07, 6.45) is 1.76. The minimum atomic E-state index is -0.861. The molecule has 1 unspecified atom stereocenters. The molecule has 0 saturated carbocycles. The Balaban J connectivity index is 2.46. The standard InChI is InChI=1S/C13H16N2O/c1-13(16,9-14-2)11-6-5-10-4-3-7-15-12(10)8-11/h3-8,14,16H,9H2,1-2H3. The predicted molar refractivity (Wildman–Crippen MR) is 65.2 cm³/mol. The van der Waals surface area contributed by atoms with Gasteiger partial charge in [-0.2, -0.15) is 0 Å². The molecule has 0 radical (unpaired) electrons. The van der Waals surface area contributed by atoms with Crippen LogP contribution in [0.25, 0.3) is 10.9 Å². The second-order valence-electron chi connectivity index (χ2n) is 4.22. The number of hydrogen-bond acceptors (Lipinski definition) is 3. The molecule has 0 fully saturated rings. The molecule has 0 bridgehead atoms. The van der Waals surface area contributed by atoms with Gasteiger partial charge in [0.05, 0.1) is 11.1 Å². The molecule has 1 aromatic heterocycles. The topological polar surface area (TPSA) is 45.1 Å². The van der Waals surface area contributed by atoms with Gasteiger partial charge in [0.1, 0.15) is 0 Å². The van der Waals surface area contributed by atoms with Crippen molar-refractivity contribution in [1.29, 1.82) is 0 Å². The minimum Gasteiger partial charge on any atom is -0.384 e. The van der Waals surface area contributed by atoms with E-state index in [9.17, 15) is 5.11 Å². The third-order valence-electron chi connectivity index (χ3n) is 2.75. The van der Waals surface area contributed by atoms with E-state index in [0.29, 0.717) is 6.54 Å². The summed E-state index contributed by atoms with van der Waals surface area (Å²) in [4.78, 5) is 4.28. The zero-order chi connectivity index (χ0) is 11.6. The number of nitrogens with zero attached hydrogens (tertiary/aromatic N) is 1. The highest BCUT2D eigenvalue weighted by Crippen LogP contribution is 2.23. The molecular weight excluding hydrogens is 200 g/mol. The van der Waals surface area contributed by atoms with E-state index in [0.717, 1.165) is 16.5 Å². The molecule has 1 atom stereocenters. The van der Waals surface area contributed by atoms with Crippen LogP contribution in [0, 0.1) is 0 Å². The Bertz CT molecular complexity index is 494. The molecule has 0 aliphatic heterocycles. The SMILES string of the molecule is CNCC(C)(O)c1ccc2cccnc2c1. The number of aromatic nitrogens is 1. The number of nitrogens with one attached hydrogen (secondary N) is 1. The van der Waals surface area contributed by atoms with Crippen LogP contribution >= 0.6 is 0 Å². The first-order valence-electron chi connectivity index (χ1n) is 5.36. The lowest BCUT2D eigenvalue weighted by molar-refractivity contribution is 0.0593. The first kappa shape index (κ1) is 11.0. The van der Waals surface area contributed by atoms with E-state index in [-0.39, 0.29) is 0 Å². The van der Waals surface area contributed by atoms with E-state index in [2.05, 4.69) is 10.3 Å². The van der Waals surface area contributed by atoms with Gasteiger partial charge in [0.15, 0.2) is 0 Å². The molecule has 0 amide bonds. The number of rotatable bonds is 3. The molecule has 84 valence electrons. The third kappa shape index (κ3) is 2.05. The molecule has 1 aromatic carbocycles. The smallest absolute Gasteiger partial charge is 0.0992 e. The van der Waals surface area contributed by atoms with Crippen LogP contribution in [0.4, 0.5) is 0 Å². The number of likely N-dealkylation sites (N-methyl/N-ethyl adjacent to an activating group) is 1. The average molecular weight is 216 g/mol. The summed E-state index contributed by atoms with van der Waals surface area (Å²) in [6, 6.07) is 9.79. The van der Waals surface area contributed by atoms with Crippen LogP contribution < -0.4 is 5.32 Å². The molecule has 2 rings (SSSR count). The predicted octanol–water partition coefficient (Wildman–Crippen LogP) is 1.66. The summed E-state index contributed by atoms with van der Waals surface area (Å²) < 4.78 is 0. The minimum absolute atomic E-state index is 0.519. The van der Waals surface area contributed by atoms with Crippen LogP contribution in [0.3, 0.4) is 0 Å². The Morgan fingerprint density at radius 2 is 2.19 bits per heavy atom. The maximum absolute atomic E-state index is 10.3. The lowest BCUT2D eigenvalue weighted by atomic mass is 9.95. The first-order valence-corrected chi connectivity index (χ1v) is 5.36. The van der Waals surface area contributed by atoms with Gasteiger partial charge < -0.3 is 10.4 Å². The van der Waals surface area contributed by atoms with Crippen LogP contribution in [0.15, 0.2) is 36.5 Å². The molecule has 2 aromatic rings. The van der Waals surface area contributed by atoms with E-state index in [1.165, 1.54) is 0 Å². The van der Waals surface area contributed by atoms with E-state index in [1.807, 2.05) is 37.4 Å². The van der Waals surface area contributed by atoms with Crippen molar-refractivity contribution in [2.75, 3.05) is 13.6 Å². The molecule has 2 N–H and O–H groups in total. The summed E-state index contributed by atoms with van der Waals surface area (Å²) in [7, 11) is 1.83. The zero-order valence-corrected chi connectivity index (χ0v) is 9.57. The average Bonchev–Trinajstić information content (AvgIpc) is 2.28. The third-order valence-corrected chi connectivity index (χ3v) is 2.75. The van der Waals surface area contributed by atoms with Crippen LogP contribution in [-0.4, -0.2) is 23.7 Å². The largest absolute Gasteiger partial charge is 0.384 e. The number of pyridine rings is 1. The lowest BCUT2D eigenvalue weighted by Gasteiger charge is -2.23. The fourth-order valence-corrected chi connectivity index (χ4v) is 1.85. The highest BCUT2D eigenvalue weighted by Gasteiger charge is 2.22. The van der Waals surface area contributed by atoms with Crippen molar-refractivity contribution >= 4 is 10.9 Å². The van der Waals surface area contributed by atoms with Gasteiger partial charge in [-0.1, -0.05) is 18.2 Å². The number of aliphatic hydroxyl groups is 1. The summed E-state index contributed by atoms with van der Waals surface area (Å²) >= 11 is 0. The number of fused-ring (bicyclic) bond motifs is 1.